The van der Waals surface area contributed by atoms with Crippen LogP contribution in [0.25, 0.3) is 0 Å². The molecule has 0 bridgehead atoms. The first-order valence-electron chi connectivity index (χ1n) is 7.71. The van der Waals surface area contributed by atoms with Crippen molar-refractivity contribution < 1.29 is 9.90 Å². The van der Waals surface area contributed by atoms with Crippen LogP contribution in [0.15, 0.2) is 42.6 Å². The fourth-order valence-corrected chi connectivity index (χ4v) is 2.30. The molecule has 0 saturated heterocycles. The summed E-state index contributed by atoms with van der Waals surface area (Å²) in [4.78, 5) is 12.0. The highest BCUT2D eigenvalue weighted by Crippen LogP contribution is 2.18. The Bertz CT molecular complexity index is 637. The van der Waals surface area contributed by atoms with E-state index in [1.165, 1.54) is 0 Å². The van der Waals surface area contributed by atoms with Gasteiger partial charge in [0.15, 0.2) is 5.82 Å². The Hall–Kier alpha value is -2.34. The molecule has 1 heterocycles. The molecule has 0 aliphatic rings. The number of aromatic nitrogens is 2. The second kappa shape index (κ2) is 7.28. The molecule has 0 aliphatic heterocycles. The van der Waals surface area contributed by atoms with Gasteiger partial charge in [-0.05, 0) is 32.8 Å². The summed E-state index contributed by atoms with van der Waals surface area (Å²) in [6, 6.07) is 11.6. The summed E-state index contributed by atoms with van der Waals surface area (Å²) in [6.07, 6.45) is 2.33. The second-order valence-electron chi connectivity index (χ2n) is 6.20. The van der Waals surface area contributed by atoms with Gasteiger partial charge >= 0.3 is 6.03 Å². The van der Waals surface area contributed by atoms with Crippen molar-refractivity contribution in [2.24, 2.45) is 0 Å². The molecule has 1 unspecified atom stereocenters. The third-order valence-corrected chi connectivity index (χ3v) is 3.72. The molecule has 6 nitrogen and oxygen atoms in total. The van der Waals surface area contributed by atoms with Crippen molar-refractivity contribution in [3.05, 3.63) is 48.2 Å². The third-order valence-electron chi connectivity index (χ3n) is 3.72. The van der Waals surface area contributed by atoms with Crippen molar-refractivity contribution in [1.29, 1.82) is 0 Å². The number of carbonyl (C=O) groups is 1. The van der Waals surface area contributed by atoms with Crippen LogP contribution >= 0.6 is 0 Å². The van der Waals surface area contributed by atoms with E-state index in [4.69, 9.17) is 5.11 Å². The summed E-state index contributed by atoms with van der Waals surface area (Å²) in [5, 5.41) is 18.9. The fraction of sp³-hybridized carbons (Fsp3) is 0.412. The highest BCUT2D eigenvalue weighted by Gasteiger charge is 2.20. The number of amides is 2. The van der Waals surface area contributed by atoms with Crippen LogP contribution in [0.3, 0.4) is 0 Å². The quantitative estimate of drug-likeness (QED) is 0.766. The lowest BCUT2D eigenvalue weighted by Crippen LogP contribution is -2.46. The lowest BCUT2D eigenvalue weighted by atomic mass is 10.0. The zero-order chi connectivity index (χ0) is 16.9. The molecule has 0 spiro atoms. The summed E-state index contributed by atoms with van der Waals surface area (Å²) < 4.78 is 1.81. The van der Waals surface area contributed by atoms with Crippen molar-refractivity contribution >= 4 is 11.8 Å². The average molecular weight is 316 g/mol. The number of aliphatic hydroxyl groups excluding tert-OH is 1. The Labute approximate surface area is 136 Å². The molecule has 0 radical (unpaired) electrons. The summed E-state index contributed by atoms with van der Waals surface area (Å²) in [5.74, 6) is 0.491. The predicted octanol–water partition coefficient (Wildman–Crippen LogP) is 2.77. The van der Waals surface area contributed by atoms with Gasteiger partial charge in [-0.3, -0.25) is 10.00 Å². The largest absolute Gasteiger partial charge is 0.396 e. The summed E-state index contributed by atoms with van der Waals surface area (Å²) in [5.41, 5.74) is 0.675. The van der Waals surface area contributed by atoms with E-state index in [0.717, 1.165) is 5.56 Å². The van der Waals surface area contributed by atoms with E-state index in [-0.39, 0.29) is 18.7 Å². The van der Waals surface area contributed by atoms with Gasteiger partial charge in [0, 0.05) is 24.4 Å². The average Bonchev–Trinajstić information content (AvgIpc) is 2.94. The van der Waals surface area contributed by atoms with Gasteiger partial charge < -0.3 is 10.4 Å². The topological polar surface area (TPSA) is 79.2 Å². The number of benzene rings is 1. The van der Waals surface area contributed by atoms with E-state index in [2.05, 4.69) is 22.7 Å². The van der Waals surface area contributed by atoms with Gasteiger partial charge in [0.25, 0.3) is 0 Å². The minimum atomic E-state index is -0.473. The number of carbonyl (C=O) groups excluding carboxylic acids is 1. The van der Waals surface area contributed by atoms with Gasteiger partial charge in [-0.25, -0.2) is 4.79 Å². The number of nitrogens with zero attached hydrogens (tertiary/aromatic N) is 2. The van der Waals surface area contributed by atoms with Crippen LogP contribution in [0.2, 0.25) is 0 Å². The maximum atomic E-state index is 12.0. The van der Waals surface area contributed by atoms with E-state index >= 15 is 0 Å². The maximum Gasteiger partial charge on any atom is 0.320 e. The molecule has 1 aromatic carbocycles. The number of aliphatic hydroxyl groups is 1. The fourth-order valence-electron chi connectivity index (χ4n) is 2.30. The van der Waals surface area contributed by atoms with Gasteiger partial charge in [-0.2, -0.15) is 5.10 Å². The molecule has 2 aromatic rings. The Morgan fingerprint density at radius 1 is 1.30 bits per heavy atom. The monoisotopic (exact) mass is 316 g/mol. The number of hydrogen-bond donors (Lipinski definition) is 3. The van der Waals surface area contributed by atoms with Crippen LogP contribution in [0, 0.1) is 0 Å². The number of anilines is 1. The third kappa shape index (κ3) is 4.82. The Balaban J connectivity index is 1.98. The molecule has 124 valence electrons. The first kappa shape index (κ1) is 17.0. The molecule has 1 aromatic heterocycles. The van der Waals surface area contributed by atoms with E-state index < -0.39 is 5.54 Å². The van der Waals surface area contributed by atoms with Crippen LogP contribution in [0.5, 0.6) is 0 Å². The Morgan fingerprint density at radius 2 is 2.00 bits per heavy atom. The first-order valence-corrected chi connectivity index (χ1v) is 7.71. The number of urea groups is 1. The van der Waals surface area contributed by atoms with Gasteiger partial charge in [0.2, 0.25) is 0 Å². The lowest BCUT2D eigenvalue weighted by Gasteiger charge is -2.25. The minimum Gasteiger partial charge on any atom is -0.396 e. The molecule has 0 fully saturated rings. The van der Waals surface area contributed by atoms with Crippen molar-refractivity contribution in [2.75, 3.05) is 11.9 Å². The van der Waals surface area contributed by atoms with Crippen LogP contribution in [-0.4, -0.2) is 33.1 Å². The van der Waals surface area contributed by atoms with Crippen LogP contribution < -0.4 is 10.6 Å². The highest BCUT2D eigenvalue weighted by atomic mass is 16.3. The SMILES string of the molecule is CC(c1ccccc1)n1ccc(NC(=O)NC(C)(C)CCO)n1. The number of rotatable bonds is 6. The zero-order valence-corrected chi connectivity index (χ0v) is 13.8. The molecular formula is C17H24N4O2. The molecule has 6 heteroatoms. The smallest absolute Gasteiger partial charge is 0.320 e. The zero-order valence-electron chi connectivity index (χ0n) is 13.8. The lowest BCUT2D eigenvalue weighted by molar-refractivity contribution is 0.218. The van der Waals surface area contributed by atoms with Crippen LogP contribution in [0.1, 0.15) is 38.8 Å². The number of nitrogens with one attached hydrogen (secondary N) is 2. The first-order chi connectivity index (χ1) is 10.9. The van der Waals surface area contributed by atoms with E-state index in [1.807, 2.05) is 55.1 Å². The molecule has 3 N–H and O–H groups in total. The molecule has 1 atom stereocenters. The van der Waals surface area contributed by atoms with Crippen molar-refractivity contribution in [1.82, 2.24) is 15.1 Å². The minimum absolute atomic E-state index is 0.0243. The van der Waals surface area contributed by atoms with E-state index in [1.54, 1.807) is 6.07 Å². The Kier molecular flexibility index (Phi) is 5.39. The van der Waals surface area contributed by atoms with Gasteiger partial charge in [-0.15, -0.1) is 0 Å². The molecule has 23 heavy (non-hydrogen) atoms. The molecular weight excluding hydrogens is 292 g/mol. The van der Waals surface area contributed by atoms with E-state index in [9.17, 15) is 4.79 Å². The maximum absolute atomic E-state index is 12.0. The van der Waals surface area contributed by atoms with Crippen LogP contribution in [-0.2, 0) is 0 Å². The summed E-state index contributed by atoms with van der Waals surface area (Å²) in [6.45, 7) is 5.80. The van der Waals surface area contributed by atoms with Gasteiger partial charge in [0.1, 0.15) is 0 Å². The van der Waals surface area contributed by atoms with Gasteiger partial charge in [0.05, 0.1) is 6.04 Å². The molecule has 0 saturated carbocycles. The summed E-state index contributed by atoms with van der Waals surface area (Å²) >= 11 is 0. The summed E-state index contributed by atoms with van der Waals surface area (Å²) in [7, 11) is 0. The van der Waals surface area contributed by atoms with Crippen molar-refractivity contribution in [2.45, 2.75) is 38.8 Å². The normalized spacial score (nSPS) is 12.7. The highest BCUT2D eigenvalue weighted by molar-refractivity contribution is 5.88. The molecule has 2 rings (SSSR count). The Morgan fingerprint density at radius 3 is 2.65 bits per heavy atom. The van der Waals surface area contributed by atoms with Gasteiger partial charge in [-0.1, -0.05) is 30.3 Å². The van der Waals surface area contributed by atoms with Crippen LogP contribution in [0.4, 0.5) is 10.6 Å². The molecule has 0 aliphatic carbocycles. The standard InChI is InChI=1S/C17H24N4O2/c1-13(14-7-5-4-6-8-14)21-11-9-15(20-21)18-16(23)19-17(2,3)10-12-22/h4-9,11,13,22H,10,12H2,1-3H3,(H2,18,19,20,23). The van der Waals surface area contributed by atoms with Crippen molar-refractivity contribution in [3.63, 3.8) is 0 Å². The number of hydrogen-bond acceptors (Lipinski definition) is 3. The molecule has 2 amide bonds. The predicted molar refractivity (Wildman–Crippen MR) is 90.4 cm³/mol. The van der Waals surface area contributed by atoms with E-state index in [0.29, 0.717) is 12.2 Å². The van der Waals surface area contributed by atoms with Crippen molar-refractivity contribution in [3.8, 4) is 0 Å². The second-order valence-corrected chi connectivity index (χ2v) is 6.20.